The molecule has 0 aliphatic heterocycles. The Morgan fingerprint density at radius 1 is 1.47 bits per heavy atom. The first-order chi connectivity index (χ1) is 7.78. The lowest BCUT2D eigenvalue weighted by molar-refractivity contribution is 0.0997. The highest BCUT2D eigenvalue weighted by molar-refractivity contribution is 7.92. The summed E-state index contributed by atoms with van der Waals surface area (Å²) >= 11 is 0. The number of hydrogen-bond donors (Lipinski definition) is 3. The third-order valence-electron chi connectivity index (χ3n) is 2.28. The van der Waals surface area contributed by atoms with Crippen molar-refractivity contribution in [2.24, 2.45) is 5.73 Å². The zero-order valence-electron chi connectivity index (χ0n) is 9.52. The molecular weight excluding hydrogens is 244 g/mol. The van der Waals surface area contributed by atoms with Crippen molar-refractivity contribution in [1.82, 2.24) is 0 Å². The predicted octanol–water partition coefficient (Wildman–Crippen LogP) is 0.561. The van der Waals surface area contributed by atoms with Crippen molar-refractivity contribution in [1.29, 1.82) is 0 Å². The zero-order valence-corrected chi connectivity index (χ0v) is 10.3. The van der Waals surface area contributed by atoms with Gasteiger partial charge in [0.15, 0.2) is 5.75 Å². The summed E-state index contributed by atoms with van der Waals surface area (Å²) in [6, 6.07) is 2.89. The van der Waals surface area contributed by atoms with Gasteiger partial charge in [-0.05, 0) is 25.5 Å². The van der Waals surface area contributed by atoms with Gasteiger partial charge >= 0.3 is 0 Å². The van der Waals surface area contributed by atoms with Gasteiger partial charge in [0.05, 0.1) is 17.0 Å². The summed E-state index contributed by atoms with van der Waals surface area (Å²) in [5.41, 5.74) is 5.45. The molecule has 0 saturated heterocycles. The molecule has 1 rings (SSSR count). The normalized spacial score (nSPS) is 11.2. The van der Waals surface area contributed by atoms with Gasteiger partial charge in [0, 0.05) is 0 Å². The highest BCUT2D eigenvalue weighted by atomic mass is 32.2. The largest absolute Gasteiger partial charge is 0.505 e. The highest BCUT2D eigenvalue weighted by Crippen LogP contribution is 2.30. The minimum Gasteiger partial charge on any atom is -0.505 e. The molecule has 1 aromatic carbocycles. The number of sulfonamides is 1. The topological polar surface area (TPSA) is 109 Å². The van der Waals surface area contributed by atoms with Gasteiger partial charge in [0.2, 0.25) is 10.0 Å². The lowest BCUT2D eigenvalue weighted by Gasteiger charge is -2.11. The second-order valence-electron chi connectivity index (χ2n) is 3.52. The molecule has 4 N–H and O–H groups in total. The molecule has 94 valence electrons. The fourth-order valence-corrected chi connectivity index (χ4v) is 1.97. The molecule has 0 unspecified atom stereocenters. The van der Waals surface area contributed by atoms with Crippen LogP contribution in [0.4, 0.5) is 5.69 Å². The number of benzene rings is 1. The number of amides is 1. The molecule has 0 atom stereocenters. The molecule has 0 saturated carbocycles. The molecule has 0 aliphatic rings. The summed E-state index contributed by atoms with van der Waals surface area (Å²) in [4.78, 5) is 11.1. The van der Waals surface area contributed by atoms with Gasteiger partial charge in [-0.25, -0.2) is 8.42 Å². The van der Waals surface area contributed by atoms with Gasteiger partial charge in [-0.2, -0.15) is 0 Å². The summed E-state index contributed by atoms with van der Waals surface area (Å²) in [5, 5.41) is 9.77. The molecule has 0 bridgehead atoms. The van der Waals surface area contributed by atoms with Crippen LogP contribution in [0.2, 0.25) is 0 Å². The zero-order chi connectivity index (χ0) is 13.2. The van der Waals surface area contributed by atoms with Crippen LogP contribution in [0.25, 0.3) is 0 Å². The van der Waals surface area contributed by atoms with E-state index in [1.807, 2.05) is 0 Å². The van der Waals surface area contributed by atoms with E-state index >= 15 is 0 Å². The van der Waals surface area contributed by atoms with E-state index < -0.39 is 21.7 Å². The Kier molecular flexibility index (Phi) is 3.62. The van der Waals surface area contributed by atoms with Crippen LogP contribution in [0.5, 0.6) is 5.75 Å². The number of aromatic hydroxyl groups is 1. The smallest absolute Gasteiger partial charge is 0.252 e. The van der Waals surface area contributed by atoms with Crippen molar-refractivity contribution >= 4 is 21.6 Å². The average molecular weight is 258 g/mol. The molecule has 7 heteroatoms. The maximum atomic E-state index is 11.3. The van der Waals surface area contributed by atoms with Gasteiger partial charge in [-0.1, -0.05) is 6.07 Å². The Morgan fingerprint density at radius 2 is 2.06 bits per heavy atom. The molecule has 1 aromatic rings. The SMILES string of the molecule is CCS(=O)(=O)Nc1ccc(C)c(C(N)=O)c1O. The van der Waals surface area contributed by atoms with E-state index in [0.29, 0.717) is 5.56 Å². The molecule has 0 heterocycles. The van der Waals surface area contributed by atoms with Crippen LogP contribution in [-0.2, 0) is 10.0 Å². The average Bonchev–Trinajstić information content (AvgIpc) is 2.22. The lowest BCUT2D eigenvalue weighted by atomic mass is 10.1. The maximum absolute atomic E-state index is 11.3. The quantitative estimate of drug-likeness (QED) is 0.685. The Morgan fingerprint density at radius 3 is 2.53 bits per heavy atom. The van der Waals surface area contributed by atoms with Crippen molar-refractivity contribution in [3.63, 3.8) is 0 Å². The number of aryl methyl sites for hydroxylation is 1. The van der Waals surface area contributed by atoms with Gasteiger partial charge in [-0.3, -0.25) is 9.52 Å². The number of rotatable bonds is 4. The number of phenols is 1. The van der Waals surface area contributed by atoms with E-state index in [-0.39, 0.29) is 17.0 Å². The summed E-state index contributed by atoms with van der Waals surface area (Å²) < 4.78 is 24.9. The van der Waals surface area contributed by atoms with Crippen LogP contribution in [0.15, 0.2) is 12.1 Å². The number of carbonyl (C=O) groups excluding carboxylic acids is 1. The standard InChI is InChI=1S/C10H14N2O4S/c1-3-17(15,16)12-7-5-4-6(2)8(9(7)13)10(11)14/h4-5,12-13H,3H2,1-2H3,(H2,11,14). The Balaban J connectivity index is 3.30. The van der Waals surface area contributed by atoms with E-state index in [0.717, 1.165) is 0 Å². The molecule has 0 fully saturated rings. The van der Waals surface area contributed by atoms with Gasteiger partial charge in [-0.15, -0.1) is 0 Å². The minimum atomic E-state index is -3.51. The van der Waals surface area contributed by atoms with E-state index in [1.54, 1.807) is 6.92 Å². The predicted molar refractivity (Wildman–Crippen MR) is 64.4 cm³/mol. The summed E-state index contributed by atoms with van der Waals surface area (Å²) in [6.07, 6.45) is 0. The number of nitrogens with two attached hydrogens (primary N) is 1. The Hall–Kier alpha value is -1.76. The van der Waals surface area contributed by atoms with Gasteiger partial charge in [0.25, 0.3) is 5.91 Å². The number of primary amides is 1. The third-order valence-corrected chi connectivity index (χ3v) is 3.57. The first-order valence-corrected chi connectivity index (χ1v) is 6.56. The van der Waals surface area contributed by atoms with Gasteiger partial charge < -0.3 is 10.8 Å². The summed E-state index contributed by atoms with van der Waals surface area (Å²) in [5.74, 6) is -1.39. The summed E-state index contributed by atoms with van der Waals surface area (Å²) in [7, 11) is -3.51. The minimum absolute atomic E-state index is 0.0498. The third kappa shape index (κ3) is 2.88. The molecule has 0 spiro atoms. The molecule has 0 aromatic heterocycles. The Bertz CT molecular complexity index is 552. The Labute approximate surface area is 99.5 Å². The summed E-state index contributed by atoms with van der Waals surface area (Å²) in [6.45, 7) is 3.06. The van der Waals surface area contributed by atoms with Crippen LogP contribution in [-0.4, -0.2) is 25.2 Å². The van der Waals surface area contributed by atoms with Crippen LogP contribution in [0, 0.1) is 6.92 Å². The molecule has 6 nitrogen and oxygen atoms in total. The molecular formula is C10H14N2O4S. The second-order valence-corrected chi connectivity index (χ2v) is 5.53. The fraction of sp³-hybridized carbons (Fsp3) is 0.300. The molecule has 0 aliphatic carbocycles. The molecule has 17 heavy (non-hydrogen) atoms. The van der Waals surface area contributed by atoms with Crippen molar-refractivity contribution in [3.8, 4) is 5.75 Å². The lowest BCUT2D eigenvalue weighted by Crippen LogP contribution is -2.17. The van der Waals surface area contributed by atoms with Crippen LogP contribution in [0.3, 0.4) is 0 Å². The van der Waals surface area contributed by atoms with Crippen molar-refractivity contribution < 1.29 is 18.3 Å². The molecule has 0 radical (unpaired) electrons. The number of nitrogens with one attached hydrogen (secondary N) is 1. The first kappa shape index (κ1) is 13.3. The number of hydrogen-bond acceptors (Lipinski definition) is 4. The monoisotopic (exact) mass is 258 g/mol. The number of carbonyl (C=O) groups is 1. The highest BCUT2D eigenvalue weighted by Gasteiger charge is 2.17. The van der Waals surface area contributed by atoms with Crippen molar-refractivity contribution in [2.75, 3.05) is 10.5 Å². The second kappa shape index (κ2) is 4.62. The van der Waals surface area contributed by atoms with Gasteiger partial charge in [0.1, 0.15) is 0 Å². The maximum Gasteiger partial charge on any atom is 0.252 e. The van der Waals surface area contributed by atoms with E-state index in [1.165, 1.54) is 19.1 Å². The fourth-order valence-electron chi connectivity index (χ4n) is 1.33. The first-order valence-electron chi connectivity index (χ1n) is 4.91. The van der Waals surface area contributed by atoms with E-state index in [2.05, 4.69) is 4.72 Å². The molecule has 1 amide bonds. The van der Waals surface area contributed by atoms with Crippen molar-refractivity contribution in [2.45, 2.75) is 13.8 Å². The number of anilines is 1. The van der Waals surface area contributed by atoms with E-state index in [4.69, 9.17) is 5.73 Å². The van der Waals surface area contributed by atoms with Crippen LogP contribution >= 0.6 is 0 Å². The van der Waals surface area contributed by atoms with E-state index in [9.17, 15) is 18.3 Å². The van der Waals surface area contributed by atoms with Crippen LogP contribution in [0.1, 0.15) is 22.8 Å². The van der Waals surface area contributed by atoms with Crippen molar-refractivity contribution in [3.05, 3.63) is 23.3 Å². The van der Waals surface area contributed by atoms with Crippen LogP contribution < -0.4 is 10.5 Å².